The number of hydrogen-bond donors (Lipinski definition) is 0. The Hall–Kier alpha value is -1.70. The number of rotatable bonds is 2. The molecule has 2 aromatic heterocycles. The van der Waals surface area contributed by atoms with Crippen LogP contribution in [-0.2, 0) is 4.74 Å². The SMILES string of the molecule is CCOC(=O)N1CCC(c2nn3cnnc3s2)CC1. The lowest BCUT2D eigenvalue weighted by Gasteiger charge is -2.29. The first-order valence-corrected chi connectivity index (χ1v) is 7.18. The number of carbonyl (C=O) groups is 1. The van der Waals surface area contributed by atoms with Crippen LogP contribution in [0.25, 0.3) is 4.96 Å². The Balaban J connectivity index is 1.63. The molecule has 7 nitrogen and oxygen atoms in total. The first-order valence-electron chi connectivity index (χ1n) is 6.36. The number of carbonyl (C=O) groups excluding carboxylic acids is 1. The zero-order chi connectivity index (χ0) is 13.2. The zero-order valence-electron chi connectivity index (χ0n) is 10.7. The van der Waals surface area contributed by atoms with Gasteiger partial charge in [-0.2, -0.15) is 9.61 Å². The standard InChI is InChI=1S/C11H15N5O2S/c1-2-18-11(17)15-5-3-8(4-6-15)9-14-16-7-12-13-10(16)19-9/h7-8H,2-6H2,1H3. The van der Waals surface area contributed by atoms with E-state index in [2.05, 4.69) is 15.3 Å². The Kier molecular flexibility index (Phi) is 3.33. The van der Waals surface area contributed by atoms with Crippen LogP contribution in [0.3, 0.4) is 0 Å². The molecule has 1 fully saturated rings. The summed E-state index contributed by atoms with van der Waals surface area (Å²) in [5, 5.41) is 13.3. The molecule has 8 heteroatoms. The smallest absolute Gasteiger partial charge is 0.409 e. The van der Waals surface area contributed by atoms with Gasteiger partial charge in [-0.25, -0.2) is 4.79 Å². The highest BCUT2D eigenvalue weighted by Crippen LogP contribution is 2.30. The molecule has 0 spiro atoms. The largest absolute Gasteiger partial charge is 0.450 e. The molecule has 0 atom stereocenters. The molecule has 3 heterocycles. The Morgan fingerprint density at radius 3 is 3.00 bits per heavy atom. The normalized spacial score (nSPS) is 17.0. The summed E-state index contributed by atoms with van der Waals surface area (Å²) in [4.78, 5) is 14.2. The number of fused-ring (bicyclic) bond motifs is 1. The van der Waals surface area contributed by atoms with Crippen LogP contribution < -0.4 is 0 Å². The van der Waals surface area contributed by atoms with E-state index in [4.69, 9.17) is 4.74 Å². The van der Waals surface area contributed by atoms with Crippen molar-refractivity contribution in [2.45, 2.75) is 25.7 Å². The van der Waals surface area contributed by atoms with Crippen LogP contribution >= 0.6 is 11.3 Å². The van der Waals surface area contributed by atoms with E-state index in [1.54, 1.807) is 27.1 Å². The van der Waals surface area contributed by atoms with Crippen molar-refractivity contribution in [1.82, 2.24) is 24.7 Å². The fraction of sp³-hybridized carbons (Fsp3) is 0.636. The van der Waals surface area contributed by atoms with Crippen LogP contribution in [0.2, 0.25) is 0 Å². The third kappa shape index (κ3) is 2.40. The average Bonchev–Trinajstić information content (AvgIpc) is 3.00. The average molecular weight is 281 g/mol. The van der Waals surface area contributed by atoms with Crippen molar-refractivity contribution in [3.63, 3.8) is 0 Å². The highest BCUT2D eigenvalue weighted by Gasteiger charge is 2.26. The van der Waals surface area contributed by atoms with Gasteiger partial charge in [0.2, 0.25) is 4.96 Å². The fourth-order valence-electron chi connectivity index (χ4n) is 2.26. The van der Waals surface area contributed by atoms with E-state index in [0.717, 1.165) is 35.9 Å². The lowest BCUT2D eigenvalue weighted by Crippen LogP contribution is -2.38. The molecule has 0 aliphatic carbocycles. The molecule has 1 aliphatic heterocycles. The topological polar surface area (TPSA) is 72.6 Å². The van der Waals surface area contributed by atoms with Crippen molar-refractivity contribution >= 4 is 22.4 Å². The molecule has 2 aromatic rings. The van der Waals surface area contributed by atoms with Crippen molar-refractivity contribution in [3.8, 4) is 0 Å². The summed E-state index contributed by atoms with van der Waals surface area (Å²) in [6.45, 7) is 3.70. The van der Waals surface area contributed by atoms with E-state index in [1.807, 2.05) is 6.92 Å². The molecule has 0 aromatic carbocycles. The maximum Gasteiger partial charge on any atom is 0.409 e. The number of likely N-dealkylation sites (tertiary alicyclic amines) is 1. The van der Waals surface area contributed by atoms with Crippen molar-refractivity contribution in [3.05, 3.63) is 11.3 Å². The third-order valence-electron chi connectivity index (χ3n) is 3.27. The van der Waals surface area contributed by atoms with Gasteiger partial charge in [0, 0.05) is 19.0 Å². The summed E-state index contributed by atoms with van der Waals surface area (Å²) in [7, 11) is 0. The van der Waals surface area contributed by atoms with Gasteiger partial charge in [0.25, 0.3) is 0 Å². The maximum atomic E-state index is 11.6. The van der Waals surface area contributed by atoms with Crippen molar-refractivity contribution < 1.29 is 9.53 Å². The summed E-state index contributed by atoms with van der Waals surface area (Å²) in [5.74, 6) is 0.400. The second-order valence-corrected chi connectivity index (χ2v) is 5.45. The second kappa shape index (κ2) is 5.12. The quantitative estimate of drug-likeness (QED) is 0.834. The number of nitrogens with zero attached hydrogens (tertiary/aromatic N) is 5. The van der Waals surface area contributed by atoms with Crippen molar-refractivity contribution in [2.75, 3.05) is 19.7 Å². The van der Waals surface area contributed by atoms with Gasteiger partial charge in [-0.05, 0) is 19.8 Å². The zero-order valence-corrected chi connectivity index (χ0v) is 11.5. The minimum atomic E-state index is -0.209. The molecule has 0 saturated carbocycles. The number of aromatic nitrogens is 4. The summed E-state index contributed by atoms with van der Waals surface area (Å²) in [6.07, 6.45) is 3.24. The highest BCUT2D eigenvalue weighted by molar-refractivity contribution is 7.16. The summed E-state index contributed by atoms with van der Waals surface area (Å²) in [5.41, 5.74) is 0. The Morgan fingerprint density at radius 1 is 1.53 bits per heavy atom. The molecule has 3 rings (SSSR count). The number of piperidine rings is 1. The number of amides is 1. The van der Waals surface area contributed by atoms with Crippen LogP contribution in [-0.4, -0.2) is 50.5 Å². The summed E-state index contributed by atoms with van der Waals surface area (Å²) < 4.78 is 6.72. The molecular formula is C11H15N5O2S. The van der Waals surface area contributed by atoms with Gasteiger partial charge in [-0.1, -0.05) is 11.3 Å². The van der Waals surface area contributed by atoms with Gasteiger partial charge in [0.05, 0.1) is 6.61 Å². The predicted octanol–water partition coefficient (Wildman–Crippen LogP) is 1.52. The van der Waals surface area contributed by atoms with Crippen molar-refractivity contribution in [1.29, 1.82) is 0 Å². The predicted molar refractivity (Wildman–Crippen MR) is 69.2 cm³/mol. The Labute approximate surface area is 114 Å². The first-order chi connectivity index (χ1) is 9.28. The molecule has 0 unspecified atom stereocenters. The van der Waals surface area contributed by atoms with Gasteiger partial charge in [0.15, 0.2) is 0 Å². The molecule has 0 radical (unpaired) electrons. The van der Waals surface area contributed by atoms with E-state index < -0.39 is 0 Å². The molecular weight excluding hydrogens is 266 g/mol. The maximum absolute atomic E-state index is 11.6. The fourth-order valence-corrected chi connectivity index (χ4v) is 3.25. The van der Waals surface area contributed by atoms with Crippen molar-refractivity contribution in [2.24, 2.45) is 0 Å². The van der Waals surface area contributed by atoms with E-state index in [9.17, 15) is 4.79 Å². The first kappa shape index (κ1) is 12.3. The molecule has 0 bridgehead atoms. The summed E-state index contributed by atoms with van der Waals surface area (Å²) in [6, 6.07) is 0. The summed E-state index contributed by atoms with van der Waals surface area (Å²) >= 11 is 1.57. The van der Waals surface area contributed by atoms with E-state index >= 15 is 0 Å². The molecule has 1 saturated heterocycles. The van der Waals surface area contributed by atoms with Crippen LogP contribution in [0.1, 0.15) is 30.7 Å². The van der Waals surface area contributed by atoms with E-state index in [1.165, 1.54) is 0 Å². The van der Waals surface area contributed by atoms with Gasteiger partial charge in [-0.15, -0.1) is 10.2 Å². The minimum Gasteiger partial charge on any atom is -0.450 e. The second-order valence-electron chi connectivity index (χ2n) is 4.46. The van der Waals surface area contributed by atoms with Crippen LogP contribution in [0.5, 0.6) is 0 Å². The Bertz CT molecular complexity index is 544. The minimum absolute atomic E-state index is 0.209. The molecule has 0 N–H and O–H groups in total. The lowest BCUT2D eigenvalue weighted by molar-refractivity contribution is 0.0970. The van der Waals surface area contributed by atoms with Gasteiger partial charge in [0.1, 0.15) is 11.3 Å². The van der Waals surface area contributed by atoms with Gasteiger partial charge >= 0.3 is 6.09 Å². The Morgan fingerprint density at radius 2 is 2.32 bits per heavy atom. The highest BCUT2D eigenvalue weighted by atomic mass is 32.1. The lowest BCUT2D eigenvalue weighted by atomic mass is 9.98. The van der Waals surface area contributed by atoms with Crippen LogP contribution in [0.4, 0.5) is 4.79 Å². The molecule has 1 amide bonds. The van der Waals surface area contributed by atoms with Crippen LogP contribution in [0.15, 0.2) is 6.33 Å². The van der Waals surface area contributed by atoms with E-state index in [-0.39, 0.29) is 6.09 Å². The number of hydrogen-bond acceptors (Lipinski definition) is 6. The van der Waals surface area contributed by atoms with Gasteiger partial charge < -0.3 is 9.64 Å². The molecule has 102 valence electrons. The molecule has 1 aliphatic rings. The van der Waals surface area contributed by atoms with E-state index in [0.29, 0.717) is 12.5 Å². The number of ether oxygens (including phenoxy) is 1. The third-order valence-corrected chi connectivity index (χ3v) is 4.35. The molecule has 19 heavy (non-hydrogen) atoms. The van der Waals surface area contributed by atoms with Gasteiger partial charge in [-0.3, -0.25) is 0 Å². The van der Waals surface area contributed by atoms with Crippen LogP contribution in [0, 0.1) is 0 Å². The monoisotopic (exact) mass is 281 g/mol.